The maximum atomic E-state index is 12.4. The normalized spacial score (nSPS) is 13.1. The minimum absolute atomic E-state index is 0.00802. The summed E-state index contributed by atoms with van der Waals surface area (Å²) in [6.07, 6.45) is 43.9. The molecule has 0 aromatic rings. The Morgan fingerprint density at radius 3 is 1.47 bits per heavy atom. The van der Waals surface area contributed by atoms with Crippen molar-refractivity contribution in [3.05, 3.63) is 24.3 Å². The van der Waals surface area contributed by atoms with Gasteiger partial charge in [0.2, 0.25) is 0 Å². The Labute approximate surface area is 280 Å². The number of carbonyl (C=O) groups excluding carboxylic acids is 1. The van der Waals surface area contributed by atoms with E-state index in [9.17, 15) is 9.59 Å². The van der Waals surface area contributed by atoms with Crippen LogP contribution in [-0.4, -0.2) is 23.1 Å². The van der Waals surface area contributed by atoms with Crippen LogP contribution in [0.1, 0.15) is 213 Å². The molecule has 0 rings (SSSR count). The first kappa shape index (κ1) is 43.4. The van der Waals surface area contributed by atoms with E-state index in [1.165, 1.54) is 141 Å². The molecule has 2 unspecified atom stereocenters. The largest absolute Gasteiger partial charge is 0.481 e. The number of carboxylic acids is 1. The summed E-state index contributed by atoms with van der Waals surface area (Å²) in [4.78, 5) is 23.2. The van der Waals surface area contributed by atoms with Crippen LogP contribution in [0.5, 0.6) is 0 Å². The van der Waals surface area contributed by atoms with E-state index >= 15 is 0 Å². The third-order valence-corrected chi connectivity index (χ3v) is 9.07. The van der Waals surface area contributed by atoms with Gasteiger partial charge in [-0.3, -0.25) is 9.59 Å². The summed E-state index contributed by atoms with van der Waals surface area (Å²) in [6.45, 7) is 6.96. The Morgan fingerprint density at radius 1 is 0.533 bits per heavy atom. The number of ether oxygens (including phenoxy) is 1. The molecule has 0 aliphatic rings. The van der Waals surface area contributed by atoms with Crippen molar-refractivity contribution in [1.82, 2.24) is 0 Å². The lowest BCUT2D eigenvalue weighted by Crippen LogP contribution is -2.18. The highest BCUT2D eigenvalue weighted by molar-refractivity contribution is 5.71. The number of rotatable bonds is 35. The minimum Gasteiger partial charge on any atom is -0.481 e. The molecule has 0 fully saturated rings. The molecule has 45 heavy (non-hydrogen) atoms. The van der Waals surface area contributed by atoms with Crippen molar-refractivity contribution in [1.29, 1.82) is 0 Å². The van der Waals surface area contributed by atoms with E-state index in [1.54, 1.807) is 0 Å². The predicted octanol–water partition coefficient (Wildman–Crippen LogP) is 13.5. The molecule has 0 aromatic carbocycles. The smallest absolute Gasteiger partial charge is 0.306 e. The van der Waals surface area contributed by atoms with Gasteiger partial charge in [0.25, 0.3) is 0 Å². The number of hydrogen-bond acceptors (Lipinski definition) is 3. The fraction of sp³-hybridized carbons (Fsp3) is 0.854. The first-order valence-electron chi connectivity index (χ1n) is 19.7. The highest BCUT2D eigenvalue weighted by Crippen LogP contribution is 2.20. The van der Waals surface area contributed by atoms with Crippen molar-refractivity contribution in [3.63, 3.8) is 0 Å². The number of unbranched alkanes of at least 4 members (excludes halogenated alkanes) is 18. The quantitative estimate of drug-likeness (QED) is 0.0429. The predicted molar refractivity (Wildman–Crippen MR) is 195 cm³/mol. The van der Waals surface area contributed by atoms with E-state index < -0.39 is 5.97 Å². The molecular weight excluding hydrogens is 556 g/mol. The van der Waals surface area contributed by atoms with E-state index in [2.05, 4.69) is 45.1 Å². The molecule has 0 spiro atoms. The van der Waals surface area contributed by atoms with Crippen molar-refractivity contribution >= 4 is 11.9 Å². The van der Waals surface area contributed by atoms with Gasteiger partial charge in [0.05, 0.1) is 0 Å². The standard InChI is InChI=1S/C41H76O4/c1-4-6-8-10-11-12-13-14-15-16-17-18-19-20-25-29-34-39(45-41(44)37-31-36-40(42)43)35-30-26-22-21-24-28-33-38(3)32-27-23-9-7-5-2/h11-12,14-15,38-39H,4-10,13,16-37H2,1-3H3,(H,42,43)/b12-11-,15-14-. The highest BCUT2D eigenvalue weighted by Gasteiger charge is 2.15. The lowest BCUT2D eigenvalue weighted by atomic mass is 9.96. The third kappa shape index (κ3) is 35.1. The van der Waals surface area contributed by atoms with E-state index in [0.717, 1.165) is 38.0 Å². The Hall–Kier alpha value is -1.58. The molecular formula is C41H76O4. The van der Waals surface area contributed by atoms with Crippen molar-refractivity contribution in [2.24, 2.45) is 5.92 Å². The van der Waals surface area contributed by atoms with Crippen LogP contribution < -0.4 is 0 Å². The van der Waals surface area contributed by atoms with Crippen LogP contribution in [0, 0.1) is 5.92 Å². The van der Waals surface area contributed by atoms with E-state index in [1.807, 2.05) is 0 Å². The van der Waals surface area contributed by atoms with Crippen molar-refractivity contribution < 1.29 is 19.4 Å². The van der Waals surface area contributed by atoms with Gasteiger partial charge in [0.1, 0.15) is 6.10 Å². The van der Waals surface area contributed by atoms with Crippen LogP contribution in [0.4, 0.5) is 0 Å². The average molecular weight is 633 g/mol. The molecule has 4 heteroatoms. The Morgan fingerprint density at radius 2 is 0.956 bits per heavy atom. The van der Waals surface area contributed by atoms with Gasteiger partial charge < -0.3 is 9.84 Å². The summed E-state index contributed by atoms with van der Waals surface area (Å²) in [5, 5.41) is 8.87. The first-order chi connectivity index (χ1) is 22.0. The Bertz CT molecular complexity index is 698. The number of carboxylic acid groups (broad SMARTS) is 1. The summed E-state index contributed by atoms with van der Waals surface area (Å²) < 4.78 is 5.84. The van der Waals surface area contributed by atoms with E-state index in [-0.39, 0.29) is 24.9 Å². The van der Waals surface area contributed by atoms with Gasteiger partial charge in [-0.05, 0) is 70.1 Å². The number of aliphatic carboxylic acids is 1. The summed E-state index contributed by atoms with van der Waals surface area (Å²) in [5.41, 5.74) is 0. The Balaban J connectivity index is 4.03. The van der Waals surface area contributed by atoms with E-state index in [0.29, 0.717) is 6.42 Å². The highest BCUT2D eigenvalue weighted by atomic mass is 16.5. The lowest BCUT2D eigenvalue weighted by molar-refractivity contribution is -0.150. The molecule has 4 nitrogen and oxygen atoms in total. The second kappa shape index (κ2) is 35.3. The van der Waals surface area contributed by atoms with Crippen LogP contribution >= 0.6 is 0 Å². The van der Waals surface area contributed by atoms with Crippen LogP contribution in [0.2, 0.25) is 0 Å². The molecule has 0 amide bonds. The maximum absolute atomic E-state index is 12.4. The molecule has 0 radical (unpaired) electrons. The molecule has 0 saturated heterocycles. The topological polar surface area (TPSA) is 63.6 Å². The second-order valence-corrected chi connectivity index (χ2v) is 13.7. The summed E-state index contributed by atoms with van der Waals surface area (Å²) in [7, 11) is 0. The second-order valence-electron chi connectivity index (χ2n) is 13.7. The van der Waals surface area contributed by atoms with Gasteiger partial charge in [0.15, 0.2) is 0 Å². The van der Waals surface area contributed by atoms with E-state index in [4.69, 9.17) is 9.84 Å². The fourth-order valence-corrected chi connectivity index (χ4v) is 6.06. The zero-order chi connectivity index (χ0) is 33.1. The first-order valence-corrected chi connectivity index (χ1v) is 19.7. The third-order valence-electron chi connectivity index (χ3n) is 9.07. The molecule has 0 aliphatic carbocycles. The van der Waals surface area contributed by atoms with Crippen LogP contribution in [-0.2, 0) is 14.3 Å². The van der Waals surface area contributed by atoms with Crippen molar-refractivity contribution in [3.8, 4) is 0 Å². The zero-order valence-electron chi connectivity index (χ0n) is 30.3. The van der Waals surface area contributed by atoms with Crippen molar-refractivity contribution in [2.75, 3.05) is 0 Å². The van der Waals surface area contributed by atoms with Gasteiger partial charge in [-0.1, -0.05) is 161 Å². The fourth-order valence-electron chi connectivity index (χ4n) is 6.06. The molecule has 2 atom stereocenters. The van der Waals surface area contributed by atoms with Gasteiger partial charge in [-0.25, -0.2) is 0 Å². The minimum atomic E-state index is -0.849. The molecule has 0 bridgehead atoms. The number of hydrogen-bond donors (Lipinski definition) is 1. The Kier molecular flexibility index (Phi) is 34.0. The van der Waals surface area contributed by atoms with Gasteiger partial charge in [-0.15, -0.1) is 0 Å². The van der Waals surface area contributed by atoms with Crippen molar-refractivity contribution in [2.45, 2.75) is 219 Å². The van der Waals surface area contributed by atoms with Crippen LogP contribution in [0.15, 0.2) is 24.3 Å². The van der Waals surface area contributed by atoms with Gasteiger partial charge in [0, 0.05) is 12.8 Å². The summed E-state index contributed by atoms with van der Waals surface area (Å²) >= 11 is 0. The van der Waals surface area contributed by atoms with Crippen LogP contribution in [0.3, 0.4) is 0 Å². The maximum Gasteiger partial charge on any atom is 0.306 e. The molecule has 1 N–H and O–H groups in total. The number of esters is 1. The molecule has 0 saturated carbocycles. The molecule has 0 aromatic heterocycles. The number of carbonyl (C=O) groups is 2. The van der Waals surface area contributed by atoms with Gasteiger partial charge >= 0.3 is 11.9 Å². The average Bonchev–Trinajstić information content (AvgIpc) is 3.01. The molecule has 264 valence electrons. The molecule has 0 heterocycles. The van der Waals surface area contributed by atoms with Gasteiger partial charge in [-0.2, -0.15) is 0 Å². The SMILES string of the molecule is CCCCC/C=C\C/C=C\CCCCCCCCC(CCCCCCCCC(C)CCCCCCC)OC(=O)CCCC(=O)O. The number of allylic oxidation sites excluding steroid dienone is 4. The monoisotopic (exact) mass is 633 g/mol. The zero-order valence-corrected chi connectivity index (χ0v) is 30.3. The summed E-state index contributed by atoms with van der Waals surface area (Å²) in [5.74, 6) is -0.199. The summed E-state index contributed by atoms with van der Waals surface area (Å²) in [6, 6.07) is 0. The van der Waals surface area contributed by atoms with Crippen LogP contribution in [0.25, 0.3) is 0 Å². The lowest BCUT2D eigenvalue weighted by Gasteiger charge is -2.18. The molecule has 0 aliphatic heterocycles.